The molecule has 4 unspecified atom stereocenters. The molecule has 0 aromatic carbocycles. The van der Waals surface area contributed by atoms with Crippen molar-refractivity contribution in [2.24, 2.45) is 11.8 Å². The number of likely N-dealkylation sites (tertiary alicyclic amines) is 1. The zero-order valence-corrected chi connectivity index (χ0v) is 21.1. The summed E-state index contributed by atoms with van der Waals surface area (Å²) in [6.07, 6.45) is 13.7. The van der Waals surface area contributed by atoms with Gasteiger partial charge in [0.15, 0.2) is 0 Å². The van der Waals surface area contributed by atoms with E-state index in [1.807, 2.05) is 0 Å². The summed E-state index contributed by atoms with van der Waals surface area (Å²) in [5.74, 6) is 1.46. The minimum atomic E-state index is -1.59. The minimum absolute atomic E-state index is 0. The topological polar surface area (TPSA) is 17.3 Å². The van der Waals surface area contributed by atoms with Crippen molar-refractivity contribution >= 4 is 8.24 Å². The van der Waals surface area contributed by atoms with Crippen molar-refractivity contribution in [3.8, 4) is 0 Å². The fourth-order valence-electron chi connectivity index (χ4n) is 5.18. The maximum atomic E-state index is 5.34. The summed E-state index contributed by atoms with van der Waals surface area (Å²) in [6, 6.07) is 0.764. The van der Waals surface area contributed by atoms with Crippen LogP contribution in [0.5, 0.6) is 0 Å². The first-order chi connectivity index (χ1) is 10.3. The number of fused-ring (bicyclic) bond motifs is 1. The Hall–Kier alpha value is 0.331. The summed E-state index contributed by atoms with van der Waals surface area (Å²) in [4.78, 5) is 8.12. The van der Waals surface area contributed by atoms with Gasteiger partial charge in [-0.1, -0.05) is 79.4 Å². The van der Waals surface area contributed by atoms with Crippen LogP contribution in [-0.4, -0.2) is 37.8 Å². The van der Waals surface area contributed by atoms with E-state index in [0.717, 1.165) is 23.4 Å². The van der Waals surface area contributed by atoms with Crippen molar-refractivity contribution in [2.45, 2.75) is 77.7 Å². The molecular weight excluding hydrogens is 380 g/mol. The van der Waals surface area contributed by atoms with Crippen LogP contribution >= 0.6 is 0 Å². The molecule has 156 valence electrons. The Kier molecular flexibility index (Phi) is 14.4. The zero-order chi connectivity index (χ0) is 16.0. The van der Waals surface area contributed by atoms with Gasteiger partial charge >= 0.3 is 21.7 Å². The monoisotopic (exact) mass is 426 g/mol. The molecule has 0 N–H and O–H groups in total. The van der Waals surface area contributed by atoms with Gasteiger partial charge in [0.1, 0.15) is 0 Å². The van der Waals surface area contributed by atoms with Crippen molar-refractivity contribution in [3.63, 3.8) is 0 Å². The van der Waals surface area contributed by atoms with Gasteiger partial charge in [-0.3, -0.25) is 4.90 Å². The van der Waals surface area contributed by atoms with Crippen LogP contribution in [0.15, 0.2) is 24.3 Å². The Balaban J connectivity index is -0.00000115. The number of rotatable bonds is 3. The molecule has 0 aromatic rings. The van der Waals surface area contributed by atoms with E-state index >= 15 is 0 Å². The van der Waals surface area contributed by atoms with Crippen molar-refractivity contribution < 1.29 is 21.7 Å². The van der Waals surface area contributed by atoms with Crippen molar-refractivity contribution in [1.29, 1.82) is 0 Å². The molecule has 4 heteroatoms. The predicted octanol–water partition coefficient (Wildman–Crippen LogP) is 6.94. The van der Waals surface area contributed by atoms with Crippen LogP contribution in [0.2, 0.25) is 18.6 Å². The SMILES string of the molecule is C.CC(C)(C)[N-][Si](C)(C)C1CC(N2CCCC2)C2C=CC=CC21.[CH3-].[CH3-].[CH3-].[Ti+4]. The van der Waals surface area contributed by atoms with E-state index in [1.165, 1.54) is 32.4 Å². The molecule has 3 aliphatic rings. The van der Waals surface area contributed by atoms with E-state index < -0.39 is 8.24 Å². The fraction of sp³-hybridized carbons (Fsp3) is 0.696. The van der Waals surface area contributed by atoms with E-state index in [9.17, 15) is 0 Å². The van der Waals surface area contributed by atoms with Gasteiger partial charge in [-0.2, -0.15) is 0 Å². The average Bonchev–Trinajstić information content (AvgIpc) is 3.02. The Labute approximate surface area is 188 Å². The van der Waals surface area contributed by atoms with Crippen molar-refractivity contribution in [2.75, 3.05) is 13.1 Å². The molecule has 2 nitrogen and oxygen atoms in total. The van der Waals surface area contributed by atoms with E-state index in [1.54, 1.807) is 0 Å². The molecule has 1 saturated carbocycles. The summed E-state index contributed by atoms with van der Waals surface area (Å²) in [7, 11) is -1.59. The van der Waals surface area contributed by atoms with E-state index in [4.69, 9.17) is 4.98 Å². The molecule has 1 heterocycles. The molecule has 0 radical (unpaired) electrons. The summed E-state index contributed by atoms with van der Waals surface area (Å²) in [5.41, 5.74) is 0.897. The molecule has 27 heavy (non-hydrogen) atoms. The van der Waals surface area contributed by atoms with Gasteiger partial charge in [-0.25, -0.2) is 0 Å². The zero-order valence-electron chi connectivity index (χ0n) is 18.5. The first-order valence-electron chi connectivity index (χ1n) is 9.11. The van der Waals surface area contributed by atoms with Gasteiger partial charge in [-0.05, 0) is 44.2 Å². The number of allylic oxidation sites excluding steroid dienone is 3. The summed E-state index contributed by atoms with van der Waals surface area (Å²) >= 11 is 0. The van der Waals surface area contributed by atoms with Crippen LogP contribution < -0.4 is 0 Å². The normalized spacial score (nSPS) is 29.4. The Bertz CT molecular complexity index is 461. The maximum absolute atomic E-state index is 5.34. The molecule has 1 aliphatic heterocycles. The number of hydrogen-bond donors (Lipinski definition) is 0. The van der Waals surface area contributed by atoms with Crippen LogP contribution in [0.1, 0.15) is 47.5 Å². The Morgan fingerprint density at radius 2 is 1.41 bits per heavy atom. The second-order valence-corrected chi connectivity index (χ2v) is 13.3. The van der Waals surface area contributed by atoms with Gasteiger partial charge in [0.25, 0.3) is 0 Å². The Morgan fingerprint density at radius 1 is 0.926 bits per heavy atom. The van der Waals surface area contributed by atoms with Gasteiger partial charge in [0.2, 0.25) is 0 Å². The molecule has 0 spiro atoms. The number of nitrogens with zero attached hydrogens (tertiary/aromatic N) is 2. The minimum Gasteiger partial charge on any atom is -0.660 e. The third-order valence-corrected chi connectivity index (χ3v) is 9.45. The van der Waals surface area contributed by atoms with Crippen LogP contribution in [0.25, 0.3) is 4.98 Å². The molecule has 0 aromatic heterocycles. The van der Waals surface area contributed by atoms with Gasteiger partial charge < -0.3 is 27.3 Å². The standard InChI is InChI=1S/C19H33N2Si.CH4.3CH3.Ti/c1-19(2,3)20-22(4,5)18-14-17(21-12-8-9-13-21)15-10-6-7-11-16(15)18;;;;;/h6-7,10-11,15-18H,8-9,12-14H2,1-5H3;1H4;3*1H3;/q-1;;3*-1;+4. The second-order valence-electron chi connectivity index (χ2n) is 9.01. The van der Waals surface area contributed by atoms with Crippen LogP contribution in [0.3, 0.4) is 0 Å². The van der Waals surface area contributed by atoms with E-state index in [-0.39, 0.29) is 57.0 Å². The smallest absolute Gasteiger partial charge is 0.660 e. The molecule has 3 rings (SSSR count). The quantitative estimate of drug-likeness (QED) is 0.353. The van der Waals surface area contributed by atoms with Gasteiger partial charge in [0, 0.05) is 6.04 Å². The predicted molar refractivity (Wildman–Crippen MR) is 125 cm³/mol. The van der Waals surface area contributed by atoms with E-state index in [0.29, 0.717) is 0 Å². The Morgan fingerprint density at radius 3 is 1.89 bits per heavy atom. The molecule has 2 fully saturated rings. The summed E-state index contributed by atoms with van der Waals surface area (Å²) < 4.78 is 0. The maximum Gasteiger partial charge on any atom is 4.00 e. The summed E-state index contributed by atoms with van der Waals surface area (Å²) in [6.45, 7) is 14.4. The van der Waals surface area contributed by atoms with Crippen LogP contribution in [-0.2, 0) is 21.7 Å². The van der Waals surface area contributed by atoms with Gasteiger partial charge in [-0.15, -0.1) is 5.54 Å². The largest absolute Gasteiger partial charge is 4.00 e. The summed E-state index contributed by atoms with van der Waals surface area (Å²) in [5, 5.41) is 0. The molecular formula is C23H46N2SiTi. The average molecular weight is 427 g/mol. The molecule has 1 saturated heterocycles. The molecule has 2 aliphatic carbocycles. The first kappa shape index (κ1) is 32.0. The number of hydrogen-bond acceptors (Lipinski definition) is 1. The van der Waals surface area contributed by atoms with Gasteiger partial charge in [0.05, 0.1) is 0 Å². The van der Waals surface area contributed by atoms with Crippen molar-refractivity contribution in [1.82, 2.24) is 4.90 Å². The first-order valence-corrected chi connectivity index (χ1v) is 12.1. The molecule has 0 bridgehead atoms. The van der Waals surface area contributed by atoms with E-state index in [2.05, 4.69) is 63.1 Å². The van der Waals surface area contributed by atoms with Crippen LogP contribution in [0, 0.1) is 34.1 Å². The molecule has 0 amide bonds. The van der Waals surface area contributed by atoms with Crippen LogP contribution in [0.4, 0.5) is 0 Å². The third kappa shape index (κ3) is 7.26. The molecule has 4 atom stereocenters. The van der Waals surface area contributed by atoms with Crippen molar-refractivity contribution in [3.05, 3.63) is 51.6 Å². The second kappa shape index (κ2) is 12.1. The fourth-order valence-corrected chi connectivity index (χ4v) is 9.16. The third-order valence-electron chi connectivity index (χ3n) is 5.77.